The van der Waals surface area contributed by atoms with Gasteiger partial charge in [-0.05, 0) is 116 Å². The number of nitrogens with one attached hydrogen (secondary N) is 1. The Kier molecular flexibility index (Phi) is 9.67. The van der Waals surface area contributed by atoms with E-state index in [-0.39, 0.29) is 39.8 Å². The average Bonchev–Trinajstić information content (AvgIpc) is 3.61. The number of aromatic nitrogens is 4. The van der Waals surface area contributed by atoms with Crippen LogP contribution in [0.3, 0.4) is 0 Å². The normalized spacial score (nSPS) is 41.2. The minimum Gasteiger partial charge on any atom is -0.481 e. The summed E-state index contributed by atoms with van der Waals surface area (Å²) in [7, 11) is 2.04. The van der Waals surface area contributed by atoms with E-state index in [9.17, 15) is 9.90 Å². The van der Waals surface area contributed by atoms with Crippen LogP contribution in [0.15, 0.2) is 42.4 Å². The Labute approximate surface area is 318 Å². The van der Waals surface area contributed by atoms with E-state index in [0.717, 1.165) is 50.0 Å². The number of nitrogens with zero attached hydrogens (tertiary/aromatic N) is 4. The molecule has 12 atom stereocenters. The van der Waals surface area contributed by atoms with Crippen LogP contribution in [0.25, 0.3) is 11.5 Å². The van der Waals surface area contributed by atoms with Crippen LogP contribution < -0.4 is 5.32 Å². The van der Waals surface area contributed by atoms with Crippen LogP contribution >= 0.6 is 0 Å². The standard InChI is InChI=1S/C44H67N5O4/c1-27(2)29(5)40(7)19-20-41(8)30-15-16-34-39(6)22-33(49-37(47-26-48-49)32-14-12-13-21-46-32)36(53-24-43(10,45-11)28(3)4)44(34,25-52-23-39)31(30)17-18-42(41,9)35(40)38(50)51/h12-14,17,21,26-30,33-36,45H,15-16,18-20,22-25H2,1-11H3,(H,50,51)/t29-,30+,33-,34-,35-,36+,39-,40-,41-,42+,43+,44+/m1/s1. The van der Waals surface area contributed by atoms with Crippen LogP contribution in [-0.4, -0.2) is 69.3 Å². The molecule has 0 unspecified atom stereocenters. The van der Waals surface area contributed by atoms with Crippen molar-refractivity contribution in [2.24, 2.45) is 62.6 Å². The lowest BCUT2D eigenvalue weighted by atomic mass is 9.34. The first-order chi connectivity index (χ1) is 24.9. The van der Waals surface area contributed by atoms with Gasteiger partial charge in [0.2, 0.25) is 0 Å². The average molecular weight is 730 g/mol. The van der Waals surface area contributed by atoms with Crippen LogP contribution in [-0.2, 0) is 14.3 Å². The van der Waals surface area contributed by atoms with Gasteiger partial charge in [-0.1, -0.05) is 80.0 Å². The second kappa shape index (κ2) is 13.3. The summed E-state index contributed by atoms with van der Waals surface area (Å²) in [6.45, 7) is 25.0. The third-order valence-electron chi connectivity index (χ3n) is 17.2. The van der Waals surface area contributed by atoms with Crippen LogP contribution in [0.1, 0.15) is 114 Å². The highest BCUT2D eigenvalue weighted by Crippen LogP contribution is 2.75. The lowest BCUT2D eigenvalue weighted by molar-refractivity contribution is -0.254. The minimum atomic E-state index is -0.627. The molecule has 3 heterocycles. The quantitative estimate of drug-likeness (QED) is 0.234. The van der Waals surface area contributed by atoms with E-state index < -0.39 is 22.7 Å². The fraction of sp³-hybridized carbons (Fsp3) is 0.773. The van der Waals surface area contributed by atoms with Crippen molar-refractivity contribution in [2.45, 2.75) is 125 Å². The van der Waals surface area contributed by atoms with Gasteiger partial charge >= 0.3 is 5.97 Å². The molecule has 0 radical (unpaired) electrons. The van der Waals surface area contributed by atoms with E-state index in [0.29, 0.717) is 43.5 Å². The Morgan fingerprint density at radius 2 is 1.83 bits per heavy atom. The van der Waals surface area contributed by atoms with Gasteiger partial charge in [-0.15, -0.1) is 0 Å². The molecule has 1 aliphatic heterocycles. The highest BCUT2D eigenvalue weighted by Gasteiger charge is 2.73. The van der Waals surface area contributed by atoms with Gasteiger partial charge in [0.25, 0.3) is 0 Å². The van der Waals surface area contributed by atoms with Crippen molar-refractivity contribution in [1.82, 2.24) is 25.1 Å². The lowest BCUT2D eigenvalue weighted by Crippen LogP contribution is -2.70. The first-order valence-corrected chi connectivity index (χ1v) is 20.6. The first kappa shape index (κ1) is 38.6. The lowest BCUT2D eigenvalue weighted by Gasteiger charge is -2.71. The molecule has 7 rings (SSSR count). The molecule has 0 aromatic carbocycles. The molecule has 2 aromatic rings. The molecular formula is C44H67N5O4. The summed E-state index contributed by atoms with van der Waals surface area (Å²) >= 11 is 0. The van der Waals surface area contributed by atoms with Gasteiger partial charge in [-0.2, -0.15) is 5.10 Å². The molecule has 1 saturated heterocycles. The van der Waals surface area contributed by atoms with Crippen molar-refractivity contribution in [1.29, 1.82) is 0 Å². The Hall–Kier alpha value is -2.62. The third kappa shape index (κ3) is 5.47. The predicted molar refractivity (Wildman–Crippen MR) is 208 cm³/mol. The maximum atomic E-state index is 13.7. The van der Waals surface area contributed by atoms with Crippen molar-refractivity contribution >= 4 is 5.97 Å². The number of hydrogen-bond acceptors (Lipinski definition) is 7. The minimum absolute atomic E-state index is 0.0954. The molecule has 2 bridgehead atoms. The van der Waals surface area contributed by atoms with Crippen LogP contribution in [0.2, 0.25) is 0 Å². The summed E-state index contributed by atoms with van der Waals surface area (Å²) in [5, 5.41) is 19.8. The van der Waals surface area contributed by atoms with Gasteiger partial charge in [-0.3, -0.25) is 9.78 Å². The highest BCUT2D eigenvalue weighted by atomic mass is 16.5. The van der Waals surface area contributed by atoms with Gasteiger partial charge < -0.3 is 19.9 Å². The number of carbonyl (C=O) groups is 1. The SMILES string of the molecule is CN[C@@](C)(CO[C@H]1[C@H](n2ncnc2-c2ccccn2)C[C@]2(C)COC[C@@]13C1=CC[C@@]4(C)[C@H](C(=O)O)[C@@](C)([C@H](C)C(C)C)CC[C@]4(C)[C@H]1CC[C@H]23)C(C)C. The molecule has 4 aliphatic carbocycles. The maximum Gasteiger partial charge on any atom is 0.307 e. The summed E-state index contributed by atoms with van der Waals surface area (Å²) in [6.07, 6.45) is 11.5. The molecule has 3 saturated carbocycles. The number of hydrogen-bond donors (Lipinski definition) is 2. The van der Waals surface area contributed by atoms with E-state index in [1.165, 1.54) is 5.57 Å². The maximum absolute atomic E-state index is 13.7. The van der Waals surface area contributed by atoms with Crippen molar-refractivity contribution in [3.8, 4) is 11.5 Å². The van der Waals surface area contributed by atoms with Gasteiger partial charge in [0.1, 0.15) is 12.0 Å². The summed E-state index contributed by atoms with van der Waals surface area (Å²) in [6, 6.07) is 5.86. The molecule has 2 N–H and O–H groups in total. The summed E-state index contributed by atoms with van der Waals surface area (Å²) < 4.78 is 16.5. The second-order valence-corrected chi connectivity index (χ2v) is 19.9. The molecule has 9 heteroatoms. The highest BCUT2D eigenvalue weighted by molar-refractivity contribution is 5.73. The fourth-order valence-corrected chi connectivity index (χ4v) is 13.1. The number of allylic oxidation sites excluding steroid dienone is 1. The largest absolute Gasteiger partial charge is 0.481 e. The number of ether oxygens (including phenoxy) is 2. The molecular weight excluding hydrogens is 663 g/mol. The molecule has 4 fully saturated rings. The van der Waals surface area contributed by atoms with E-state index in [2.05, 4.69) is 85.3 Å². The van der Waals surface area contributed by atoms with Gasteiger partial charge in [0, 0.05) is 17.2 Å². The first-order valence-electron chi connectivity index (χ1n) is 20.6. The van der Waals surface area contributed by atoms with E-state index in [4.69, 9.17) is 24.5 Å². The Morgan fingerprint density at radius 1 is 1.08 bits per heavy atom. The third-order valence-corrected chi connectivity index (χ3v) is 17.2. The monoisotopic (exact) mass is 730 g/mol. The van der Waals surface area contributed by atoms with Crippen molar-refractivity contribution in [3.05, 3.63) is 42.4 Å². The zero-order valence-electron chi connectivity index (χ0n) is 34.4. The van der Waals surface area contributed by atoms with E-state index in [1.807, 2.05) is 31.4 Å². The number of likely N-dealkylation sites (N-methyl/N-ethyl adjacent to an activating group) is 1. The Balaban J connectivity index is 1.41. The molecule has 53 heavy (non-hydrogen) atoms. The predicted octanol–water partition coefficient (Wildman–Crippen LogP) is 8.49. The van der Waals surface area contributed by atoms with Crippen molar-refractivity contribution < 1.29 is 19.4 Å². The van der Waals surface area contributed by atoms with Crippen LogP contribution in [0.4, 0.5) is 0 Å². The number of rotatable bonds is 10. The molecule has 0 spiro atoms. The fourth-order valence-electron chi connectivity index (χ4n) is 13.1. The van der Waals surface area contributed by atoms with Crippen molar-refractivity contribution in [2.75, 3.05) is 26.9 Å². The Bertz CT molecular complexity index is 1710. The van der Waals surface area contributed by atoms with Gasteiger partial charge in [-0.25, -0.2) is 9.67 Å². The van der Waals surface area contributed by atoms with Crippen LogP contribution in [0, 0.1) is 62.6 Å². The molecule has 2 aromatic heterocycles. The summed E-state index contributed by atoms with van der Waals surface area (Å²) in [4.78, 5) is 23.2. The van der Waals surface area contributed by atoms with Crippen molar-refractivity contribution in [3.63, 3.8) is 0 Å². The zero-order valence-corrected chi connectivity index (χ0v) is 34.4. The smallest absolute Gasteiger partial charge is 0.307 e. The zero-order chi connectivity index (χ0) is 38.4. The second-order valence-electron chi connectivity index (χ2n) is 19.9. The molecule has 9 nitrogen and oxygen atoms in total. The molecule has 292 valence electrons. The number of fused-ring (bicyclic) bond motifs is 3. The molecule has 5 aliphatic rings. The number of carboxylic acids is 1. The summed E-state index contributed by atoms with van der Waals surface area (Å²) in [5.74, 6) is 1.36. The molecule has 0 amide bonds. The van der Waals surface area contributed by atoms with E-state index in [1.54, 1.807) is 6.33 Å². The number of aliphatic carboxylic acids is 1. The number of carboxylic acid groups (broad SMARTS) is 1. The number of pyridine rings is 1. The van der Waals surface area contributed by atoms with E-state index >= 15 is 0 Å². The topological polar surface area (TPSA) is 111 Å². The van der Waals surface area contributed by atoms with Crippen LogP contribution in [0.5, 0.6) is 0 Å². The Morgan fingerprint density at radius 3 is 2.47 bits per heavy atom. The summed E-state index contributed by atoms with van der Waals surface area (Å²) in [5.41, 5.74) is 0.665. The van der Waals surface area contributed by atoms with Gasteiger partial charge in [0.05, 0.1) is 37.9 Å². The van der Waals surface area contributed by atoms with Gasteiger partial charge in [0.15, 0.2) is 5.82 Å².